The molecule has 2 N–H and O–H groups in total. The summed E-state index contributed by atoms with van der Waals surface area (Å²) in [5.74, 6) is 1.62. The molecular formula is C18H23Cl2N3O3S. The predicted octanol–water partition coefficient (Wildman–Crippen LogP) is 3.12. The van der Waals surface area contributed by atoms with Gasteiger partial charge in [-0.2, -0.15) is 0 Å². The van der Waals surface area contributed by atoms with Crippen LogP contribution in [0.3, 0.4) is 0 Å². The van der Waals surface area contributed by atoms with Crippen LogP contribution in [0, 0.1) is 5.41 Å². The van der Waals surface area contributed by atoms with Crippen LogP contribution in [0.4, 0.5) is 0 Å². The minimum atomic E-state index is 0. The number of likely N-dealkylation sites (tertiary alicyclic amines) is 1. The monoisotopic (exact) mass is 431 g/mol. The second-order valence-electron chi connectivity index (χ2n) is 6.97. The summed E-state index contributed by atoms with van der Waals surface area (Å²) in [6, 6.07) is 5.78. The van der Waals surface area contributed by atoms with Crippen LogP contribution < -0.4 is 15.2 Å². The van der Waals surface area contributed by atoms with E-state index in [2.05, 4.69) is 11.9 Å². The molecule has 6 nitrogen and oxygen atoms in total. The molecule has 2 aliphatic heterocycles. The van der Waals surface area contributed by atoms with Crippen LogP contribution in [-0.2, 0) is 11.2 Å². The molecule has 1 fully saturated rings. The number of fused-ring (bicyclic) bond motifs is 1. The van der Waals surface area contributed by atoms with Gasteiger partial charge in [-0.3, -0.25) is 4.79 Å². The number of aromatic nitrogens is 1. The molecule has 0 spiro atoms. The van der Waals surface area contributed by atoms with E-state index in [9.17, 15) is 4.79 Å². The summed E-state index contributed by atoms with van der Waals surface area (Å²) in [7, 11) is 0. The fourth-order valence-electron chi connectivity index (χ4n) is 3.22. The molecule has 2 aromatic rings. The Morgan fingerprint density at radius 2 is 2.11 bits per heavy atom. The largest absolute Gasteiger partial charge is 0.454 e. The molecule has 1 aromatic heterocycles. The van der Waals surface area contributed by atoms with E-state index in [0.29, 0.717) is 13.0 Å². The first-order valence-corrected chi connectivity index (χ1v) is 9.27. The number of carbonyl (C=O) groups is 1. The van der Waals surface area contributed by atoms with Gasteiger partial charge in [0.2, 0.25) is 12.7 Å². The van der Waals surface area contributed by atoms with Gasteiger partial charge in [0.25, 0.3) is 0 Å². The Balaban J connectivity index is 0.00000131. The minimum Gasteiger partial charge on any atom is -0.454 e. The van der Waals surface area contributed by atoms with E-state index < -0.39 is 0 Å². The van der Waals surface area contributed by atoms with Crippen LogP contribution in [0.2, 0.25) is 0 Å². The average molecular weight is 432 g/mol. The summed E-state index contributed by atoms with van der Waals surface area (Å²) < 4.78 is 10.7. The maximum atomic E-state index is 12.5. The second kappa shape index (κ2) is 8.65. The number of hydrogen-bond acceptors (Lipinski definition) is 6. The number of thiazole rings is 1. The fourth-order valence-corrected chi connectivity index (χ4v) is 4.04. The molecule has 9 heteroatoms. The van der Waals surface area contributed by atoms with Crippen LogP contribution in [-0.4, -0.2) is 42.2 Å². The predicted molar refractivity (Wildman–Crippen MR) is 110 cm³/mol. The van der Waals surface area contributed by atoms with Gasteiger partial charge in [0.05, 0.1) is 12.1 Å². The fraction of sp³-hybridized carbons (Fsp3) is 0.444. The molecule has 3 heterocycles. The smallest absolute Gasteiger partial charge is 0.231 e. The first-order chi connectivity index (χ1) is 12.1. The number of amides is 1. The summed E-state index contributed by atoms with van der Waals surface area (Å²) in [6.45, 7) is 4.53. The third kappa shape index (κ3) is 4.48. The Morgan fingerprint density at radius 3 is 2.85 bits per heavy atom. The van der Waals surface area contributed by atoms with Crippen molar-refractivity contribution in [3.63, 3.8) is 0 Å². The Labute approximate surface area is 174 Å². The van der Waals surface area contributed by atoms with Crippen molar-refractivity contribution in [1.82, 2.24) is 9.88 Å². The molecule has 2 aliphatic rings. The lowest BCUT2D eigenvalue weighted by molar-refractivity contribution is -0.129. The highest BCUT2D eigenvalue weighted by Crippen LogP contribution is 2.37. The van der Waals surface area contributed by atoms with E-state index in [1.165, 1.54) is 11.3 Å². The van der Waals surface area contributed by atoms with Crippen molar-refractivity contribution in [1.29, 1.82) is 0 Å². The van der Waals surface area contributed by atoms with Gasteiger partial charge in [-0.15, -0.1) is 36.2 Å². The topological polar surface area (TPSA) is 77.7 Å². The number of benzene rings is 1. The molecule has 0 saturated carbocycles. The number of rotatable bonds is 4. The van der Waals surface area contributed by atoms with Gasteiger partial charge >= 0.3 is 0 Å². The van der Waals surface area contributed by atoms with E-state index >= 15 is 0 Å². The molecule has 0 aliphatic carbocycles. The van der Waals surface area contributed by atoms with E-state index in [1.54, 1.807) is 0 Å². The van der Waals surface area contributed by atoms with Crippen molar-refractivity contribution in [3.05, 3.63) is 29.3 Å². The highest BCUT2D eigenvalue weighted by molar-refractivity contribution is 7.13. The normalized spacial score (nSPS) is 20.1. The molecule has 0 bridgehead atoms. The van der Waals surface area contributed by atoms with E-state index in [0.717, 1.165) is 47.3 Å². The van der Waals surface area contributed by atoms with E-state index in [4.69, 9.17) is 15.2 Å². The van der Waals surface area contributed by atoms with Crippen molar-refractivity contribution in [2.45, 2.75) is 19.8 Å². The van der Waals surface area contributed by atoms with Gasteiger partial charge < -0.3 is 20.1 Å². The van der Waals surface area contributed by atoms with Crippen molar-refractivity contribution < 1.29 is 14.3 Å². The highest BCUT2D eigenvalue weighted by atomic mass is 35.5. The zero-order valence-corrected chi connectivity index (χ0v) is 17.4. The van der Waals surface area contributed by atoms with Gasteiger partial charge in [0.15, 0.2) is 11.5 Å². The Hall–Kier alpha value is -1.54. The molecule has 1 unspecified atom stereocenters. The molecule has 27 heavy (non-hydrogen) atoms. The number of carbonyl (C=O) groups excluding carboxylic acids is 1. The summed E-state index contributed by atoms with van der Waals surface area (Å²) >= 11 is 1.54. The maximum Gasteiger partial charge on any atom is 0.231 e. The summed E-state index contributed by atoms with van der Waals surface area (Å²) in [6.07, 6.45) is 1.30. The lowest BCUT2D eigenvalue weighted by Crippen LogP contribution is -2.35. The molecule has 1 amide bonds. The average Bonchev–Trinajstić information content (AvgIpc) is 3.33. The number of halogens is 2. The van der Waals surface area contributed by atoms with Crippen molar-refractivity contribution in [2.75, 3.05) is 26.4 Å². The Kier molecular flexibility index (Phi) is 6.97. The third-order valence-electron chi connectivity index (χ3n) is 4.91. The SMILES string of the molecule is CC1(CN)CCN(C(=O)Cc2csc(-c3ccc4c(c3)OCO4)n2)C1.Cl.Cl. The summed E-state index contributed by atoms with van der Waals surface area (Å²) in [5.41, 5.74) is 7.66. The zero-order chi connectivity index (χ0) is 17.4. The highest BCUT2D eigenvalue weighted by Gasteiger charge is 2.34. The lowest BCUT2D eigenvalue weighted by Gasteiger charge is -2.22. The number of nitrogens with zero attached hydrogens (tertiary/aromatic N) is 2. The summed E-state index contributed by atoms with van der Waals surface area (Å²) in [5, 5.41) is 2.84. The molecule has 0 radical (unpaired) electrons. The Bertz CT molecular complexity index is 817. The van der Waals surface area contributed by atoms with Gasteiger partial charge in [-0.05, 0) is 36.6 Å². The van der Waals surface area contributed by atoms with Crippen LogP contribution in [0.25, 0.3) is 10.6 Å². The zero-order valence-electron chi connectivity index (χ0n) is 15.0. The van der Waals surface area contributed by atoms with Crippen LogP contribution >= 0.6 is 36.2 Å². The second-order valence-corrected chi connectivity index (χ2v) is 7.83. The van der Waals surface area contributed by atoms with Gasteiger partial charge in [0.1, 0.15) is 5.01 Å². The van der Waals surface area contributed by atoms with Crippen molar-refractivity contribution in [3.8, 4) is 22.1 Å². The quantitative estimate of drug-likeness (QED) is 0.804. The molecule has 1 aromatic carbocycles. The third-order valence-corrected chi connectivity index (χ3v) is 5.85. The van der Waals surface area contributed by atoms with E-state index in [1.807, 2.05) is 28.5 Å². The standard InChI is InChI=1S/C18H21N3O3S.2ClH/c1-18(9-19)4-5-21(10-18)16(22)7-13-8-25-17(20-13)12-2-3-14-15(6-12)24-11-23-14;;/h2-3,6,8H,4-5,7,9-11,19H2,1H3;2*1H. The molecule has 1 saturated heterocycles. The molecule has 148 valence electrons. The molecule has 1 atom stereocenters. The van der Waals surface area contributed by atoms with Gasteiger partial charge in [-0.25, -0.2) is 4.98 Å². The van der Waals surface area contributed by atoms with Gasteiger partial charge in [0, 0.05) is 24.0 Å². The first kappa shape index (κ1) is 21.8. The molecular weight excluding hydrogens is 409 g/mol. The minimum absolute atomic E-state index is 0. The van der Waals surface area contributed by atoms with Crippen molar-refractivity contribution in [2.24, 2.45) is 11.1 Å². The van der Waals surface area contributed by atoms with Crippen LogP contribution in [0.1, 0.15) is 19.0 Å². The van der Waals surface area contributed by atoms with Gasteiger partial charge in [-0.1, -0.05) is 6.92 Å². The summed E-state index contributed by atoms with van der Waals surface area (Å²) in [4.78, 5) is 19.1. The Morgan fingerprint density at radius 1 is 1.33 bits per heavy atom. The number of nitrogens with two attached hydrogens (primary N) is 1. The lowest BCUT2D eigenvalue weighted by atomic mass is 9.90. The van der Waals surface area contributed by atoms with Crippen LogP contribution in [0.5, 0.6) is 11.5 Å². The first-order valence-electron chi connectivity index (χ1n) is 8.39. The number of hydrogen-bond donors (Lipinski definition) is 1. The molecule has 4 rings (SSSR count). The number of ether oxygens (including phenoxy) is 2. The van der Waals surface area contributed by atoms with E-state index in [-0.39, 0.29) is 42.9 Å². The maximum absolute atomic E-state index is 12.5. The van der Waals surface area contributed by atoms with Crippen LogP contribution in [0.15, 0.2) is 23.6 Å². The van der Waals surface area contributed by atoms with Crippen molar-refractivity contribution >= 4 is 42.1 Å².